The molecule has 0 spiro atoms. The number of aliphatic hydroxyl groups excluding tert-OH is 1. The molecule has 1 amide bonds. The number of cyclic esters (lactones) is 1. The van der Waals surface area contributed by atoms with Crippen molar-refractivity contribution in [2.75, 3.05) is 27.3 Å². The number of hydrogen-bond acceptors (Lipinski definition) is 14. The number of hydrogen-bond donors (Lipinski definition) is 3. The van der Waals surface area contributed by atoms with Crippen LogP contribution in [0.3, 0.4) is 0 Å². The molecule has 0 aliphatic carbocycles. The van der Waals surface area contributed by atoms with Gasteiger partial charge in [0, 0.05) is 42.6 Å². The van der Waals surface area contributed by atoms with Crippen LogP contribution in [0.2, 0.25) is 0 Å². The molecule has 0 saturated carbocycles. The van der Waals surface area contributed by atoms with E-state index in [0.29, 0.717) is 29.2 Å². The third-order valence-electron chi connectivity index (χ3n) is 11.6. The van der Waals surface area contributed by atoms with Crippen molar-refractivity contribution in [1.82, 2.24) is 14.9 Å². The molecule has 3 N–H and O–H groups in total. The van der Waals surface area contributed by atoms with Crippen LogP contribution in [0.15, 0.2) is 34.5 Å². The van der Waals surface area contributed by atoms with Gasteiger partial charge in [0.05, 0.1) is 42.8 Å². The summed E-state index contributed by atoms with van der Waals surface area (Å²) in [6.07, 6.45) is -3.22. The number of fused-ring (bicyclic) bond motifs is 6. The van der Waals surface area contributed by atoms with Gasteiger partial charge in [0.2, 0.25) is 5.91 Å². The zero-order valence-electron chi connectivity index (χ0n) is 34.9. The number of amides is 1. The van der Waals surface area contributed by atoms with Gasteiger partial charge in [0.15, 0.2) is 18.7 Å². The highest BCUT2D eigenvalue weighted by Crippen LogP contribution is 2.39. The number of nitrogens with zero attached hydrogens (tertiary/aromatic N) is 4. The smallest absolute Gasteiger partial charge is 0.316 e. The van der Waals surface area contributed by atoms with E-state index in [1.807, 2.05) is 51.0 Å². The van der Waals surface area contributed by atoms with Crippen LogP contribution in [0.25, 0.3) is 11.0 Å². The first kappa shape index (κ1) is 44.5. The van der Waals surface area contributed by atoms with Crippen LogP contribution in [-0.4, -0.2) is 136 Å². The summed E-state index contributed by atoms with van der Waals surface area (Å²) in [6.45, 7) is 12.9. The van der Waals surface area contributed by atoms with E-state index in [-0.39, 0.29) is 51.2 Å². The number of aliphatic imine (C=N–C) groups is 1. The molecule has 2 aromatic heterocycles. The molecule has 3 aliphatic heterocycles. The van der Waals surface area contributed by atoms with Crippen LogP contribution in [0, 0.1) is 17.8 Å². The number of aromatic amines is 1. The van der Waals surface area contributed by atoms with Gasteiger partial charge in [-0.25, -0.2) is 9.98 Å². The maximum Gasteiger partial charge on any atom is 0.316 e. The van der Waals surface area contributed by atoms with Gasteiger partial charge in [-0.3, -0.25) is 14.4 Å². The Bertz CT molecular complexity index is 1790. The minimum absolute atomic E-state index is 0.0197. The SMILES string of the molecule is CC[C@H]1OC(=O)[C@H](C)C(=O)[C@H](C)[C@@H](O[C@@H]2O[C@H](C)C[C@H](N(C)C)[C@H]2O)[C@@]2(C)C[C@@H](C)C(=NC(C)=O)C[C@@H](OC/C(=N/OCc3ccc4cc[nH]c4n3)CO2)[C@]1(C)O. The molecule has 0 unspecified atom stereocenters. The molecule has 12 atom stereocenters. The van der Waals surface area contributed by atoms with Gasteiger partial charge < -0.3 is 48.6 Å². The van der Waals surface area contributed by atoms with E-state index in [0.717, 1.165) is 5.39 Å². The van der Waals surface area contributed by atoms with Crippen molar-refractivity contribution < 1.29 is 53.1 Å². The van der Waals surface area contributed by atoms with Crippen LogP contribution in [0.5, 0.6) is 0 Å². The first-order valence-corrected chi connectivity index (χ1v) is 19.9. The highest BCUT2D eigenvalue weighted by molar-refractivity contribution is 6.00. The molecule has 0 radical (unpaired) electrons. The summed E-state index contributed by atoms with van der Waals surface area (Å²) in [4.78, 5) is 60.7. The fraction of sp³-hybridized carbons (Fsp3) is 0.707. The fourth-order valence-corrected chi connectivity index (χ4v) is 8.26. The number of H-pyrrole nitrogens is 1. The highest BCUT2D eigenvalue weighted by atomic mass is 16.7. The lowest BCUT2D eigenvalue weighted by Crippen LogP contribution is -2.59. The molecule has 3 saturated heterocycles. The van der Waals surface area contributed by atoms with Gasteiger partial charge in [-0.1, -0.05) is 25.9 Å². The fourth-order valence-electron chi connectivity index (χ4n) is 8.26. The van der Waals surface area contributed by atoms with Crippen molar-refractivity contribution in [2.24, 2.45) is 27.9 Å². The number of aliphatic hydroxyl groups is 2. The van der Waals surface area contributed by atoms with Crippen LogP contribution in [0.1, 0.15) is 86.8 Å². The lowest BCUT2D eigenvalue weighted by atomic mass is 9.76. The number of nitrogens with one attached hydrogen (secondary N) is 1. The molecule has 3 aliphatic rings. The summed E-state index contributed by atoms with van der Waals surface area (Å²) in [6, 6.07) is 5.35. The van der Waals surface area contributed by atoms with Gasteiger partial charge in [-0.15, -0.1) is 0 Å². The van der Waals surface area contributed by atoms with E-state index >= 15 is 0 Å². The number of carbonyl (C=O) groups is 3. The van der Waals surface area contributed by atoms with E-state index in [9.17, 15) is 24.6 Å². The van der Waals surface area contributed by atoms with Gasteiger partial charge >= 0.3 is 5.97 Å². The minimum atomic E-state index is -1.82. The first-order valence-electron chi connectivity index (χ1n) is 19.9. The molecule has 57 heavy (non-hydrogen) atoms. The van der Waals surface area contributed by atoms with Crippen molar-refractivity contribution in [3.8, 4) is 0 Å². The summed E-state index contributed by atoms with van der Waals surface area (Å²) in [7, 11) is 3.73. The number of rotatable bonds is 7. The Kier molecular flexibility index (Phi) is 14.4. The number of esters is 1. The number of Topliss-reactive ketones (excluding diaryl/α,β-unsaturated/α-hetero) is 1. The van der Waals surface area contributed by atoms with Crippen molar-refractivity contribution in [2.45, 2.75) is 142 Å². The molecule has 16 nitrogen and oxygen atoms in total. The minimum Gasteiger partial charge on any atom is -0.459 e. The van der Waals surface area contributed by atoms with Gasteiger partial charge in [0.1, 0.15) is 35.1 Å². The van der Waals surface area contributed by atoms with E-state index in [1.165, 1.54) is 20.8 Å². The number of oxime groups is 1. The number of carbonyl (C=O) groups excluding carboxylic acids is 3. The van der Waals surface area contributed by atoms with E-state index in [4.69, 9.17) is 28.5 Å². The average Bonchev–Trinajstić information content (AvgIpc) is 3.62. The molecule has 0 aromatic carbocycles. The number of ether oxygens (including phenoxy) is 5. The van der Waals surface area contributed by atoms with Crippen LogP contribution in [0.4, 0.5) is 0 Å². The Balaban J connectivity index is 1.63. The zero-order chi connectivity index (χ0) is 41.8. The third-order valence-corrected chi connectivity index (χ3v) is 11.6. The molecule has 2 aromatic rings. The highest BCUT2D eigenvalue weighted by Gasteiger charge is 2.51. The quantitative estimate of drug-likeness (QED) is 0.208. The normalized spacial score (nSPS) is 37.8. The Morgan fingerprint density at radius 1 is 1.12 bits per heavy atom. The molecular weight excluding hydrogens is 738 g/mol. The van der Waals surface area contributed by atoms with E-state index < -0.39 is 77.3 Å². The lowest BCUT2D eigenvalue weighted by Gasteiger charge is -2.47. The van der Waals surface area contributed by atoms with E-state index in [2.05, 4.69) is 20.1 Å². The lowest BCUT2D eigenvalue weighted by molar-refractivity contribution is -0.296. The van der Waals surface area contributed by atoms with Crippen LogP contribution in [-0.2, 0) is 49.5 Å². The van der Waals surface area contributed by atoms with E-state index in [1.54, 1.807) is 27.0 Å². The largest absolute Gasteiger partial charge is 0.459 e. The van der Waals surface area contributed by atoms with Crippen LogP contribution >= 0.6 is 0 Å². The number of ketones is 1. The Hall–Kier alpha value is -3.64. The van der Waals surface area contributed by atoms with Crippen molar-refractivity contribution in [3.63, 3.8) is 0 Å². The Morgan fingerprint density at radius 2 is 1.86 bits per heavy atom. The first-order chi connectivity index (χ1) is 26.8. The van der Waals surface area contributed by atoms with Crippen LogP contribution < -0.4 is 0 Å². The van der Waals surface area contributed by atoms with Crippen molar-refractivity contribution >= 4 is 40.1 Å². The molecule has 5 heterocycles. The number of aromatic nitrogens is 2. The maximum absolute atomic E-state index is 14.4. The molecule has 2 bridgehead atoms. The van der Waals surface area contributed by atoms with Crippen molar-refractivity contribution in [3.05, 3.63) is 30.1 Å². The topological polar surface area (TPSA) is 204 Å². The summed E-state index contributed by atoms with van der Waals surface area (Å²) >= 11 is 0. The number of likely N-dealkylation sites (N-methyl/N-ethyl adjacent to an activating group) is 1. The predicted molar refractivity (Wildman–Crippen MR) is 210 cm³/mol. The average molecular weight is 800 g/mol. The zero-order valence-corrected chi connectivity index (χ0v) is 34.9. The van der Waals surface area contributed by atoms with Gasteiger partial charge in [-0.2, -0.15) is 0 Å². The van der Waals surface area contributed by atoms with Gasteiger partial charge in [-0.05, 0) is 85.2 Å². The van der Waals surface area contributed by atoms with Crippen molar-refractivity contribution in [1.29, 1.82) is 0 Å². The van der Waals surface area contributed by atoms with Gasteiger partial charge in [0.25, 0.3) is 0 Å². The molecule has 316 valence electrons. The summed E-state index contributed by atoms with van der Waals surface area (Å²) in [5.74, 6) is -4.55. The summed E-state index contributed by atoms with van der Waals surface area (Å²) < 4.78 is 32.2. The second-order valence-electron chi connectivity index (χ2n) is 16.6. The second-order valence-corrected chi connectivity index (χ2v) is 16.6. The third kappa shape index (κ3) is 10.3. The maximum atomic E-state index is 14.4. The summed E-state index contributed by atoms with van der Waals surface area (Å²) in [5.41, 5.74) is -1.18. The summed E-state index contributed by atoms with van der Waals surface area (Å²) in [5, 5.41) is 29.2. The molecule has 16 heteroatoms. The molecule has 5 rings (SSSR count). The molecule has 3 fully saturated rings. The molecular formula is C41H61N5O11. The Labute approximate surface area is 334 Å². The standard InChI is InChI=1S/C41H61N5O11/c1-11-32-41(8,51)33-17-30(43-26(6)47)22(2)18-40(7,53-20-29(19-52-33)45-54-21-28-13-12-27-14-15-42-37(27)44-28)36(24(4)34(48)25(5)38(50)56-32)57-39-35(49)31(46(9)10)16-23(3)55-39/h12-15,22-25,31-33,35-36,39,49,51H,11,16-21H2,1-10H3,(H,42,44)/b43-30?,45-29-/t22-,23-,24+,25-,31+,32-,33-,35-,36-,39+,40-,41-/m1/s1. The monoisotopic (exact) mass is 799 g/mol. The number of pyridine rings is 1. The Morgan fingerprint density at radius 3 is 2.54 bits per heavy atom. The second kappa shape index (κ2) is 18.5. The predicted octanol–water partition coefficient (Wildman–Crippen LogP) is 3.75.